The number of anilines is 1. The van der Waals surface area contributed by atoms with E-state index in [4.69, 9.17) is 8.22 Å². The number of nitrogens with one attached hydrogen (secondary N) is 1. The van der Waals surface area contributed by atoms with E-state index >= 15 is 0 Å². The number of nitrogens with zero attached hydrogens (tertiary/aromatic N) is 2. The molecule has 0 aliphatic carbocycles. The maximum absolute atomic E-state index is 13.8. The molecule has 1 fully saturated rings. The molecule has 3 rings (SSSR count). The summed E-state index contributed by atoms with van der Waals surface area (Å²) in [6, 6.07) is 7.54. The number of likely N-dealkylation sites (N-methyl/N-ethyl adjacent to an activating group) is 1. The minimum Gasteiger partial charge on any atom is -0.322 e. The van der Waals surface area contributed by atoms with Crippen molar-refractivity contribution in [3.8, 4) is 0 Å². The van der Waals surface area contributed by atoms with E-state index in [-0.39, 0.29) is 42.0 Å². The van der Waals surface area contributed by atoms with Crippen LogP contribution in [0.15, 0.2) is 36.4 Å². The summed E-state index contributed by atoms with van der Waals surface area (Å²) in [7, 11) is 0. The van der Waals surface area contributed by atoms with Crippen molar-refractivity contribution in [3.63, 3.8) is 0 Å². The van der Waals surface area contributed by atoms with Gasteiger partial charge in [-0.15, -0.1) is 0 Å². The van der Waals surface area contributed by atoms with Crippen LogP contribution < -0.4 is 5.32 Å². The van der Waals surface area contributed by atoms with Gasteiger partial charge in [0.1, 0.15) is 0 Å². The van der Waals surface area contributed by atoms with Crippen LogP contribution in [0, 0.1) is 10.4 Å². The monoisotopic (exact) mass is 523 g/mol. The molecule has 2 aromatic carbocycles. The fourth-order valence-corrected chi connectivity index (χ4v) is 3.58. The van der Waals surface area contributed by atoms with E-state index in [1.807, 2.05) is 0 Å². The molecule has 156 valence electrons. The zero-order valence-electron chi connectivity index (χ0n) is 21.3. The van der Waals surface area contributed by atoms with Gasteiger partial charge >= 0.3 is 6.18 Å². The summed E-state index contributed by atoms with van der Waals surface area (Å²) in [6.45, 7) is -3.49. The summed E-state index contributed by atoms with van der Waals surface area (Å²) in [5, 5.41) is 2.44. The highest BCUT2D eigenvalue weighted by molar-refractivity contribution is 14.1. The van der Waals surface area contributed by atoms with Gasteiger partial charge < -0.3 is 10.2 Å². The highest BCUT2D eigenvalue weighted by atomic mass is 127. The normalized spacial score (nSPS) is 20.0. The second-order valence-electron chi connectivity index (χ2n) is 6.78. The Bertz CT molecular complexity index is 1080. The van der Waals surface area contributed by atoms with E-state index in [2.05, 4.69) is 5.32 Å². The molecule has 0 bridgehead atoms. The Morgan fingerprint density at radius 2 is 1.93 bits per heavy atom. The van der Waals surface area contributed by atoms with E-state index in [1.165, 1.54) is 35.2 Å². The van der Waals surface area contributed by atoms with Crippen LogP contribution in [0.1, 0.15) is 35.3 Å². The first kappa shape index (κ1) is 15.2. The zero-order valence-corrected chi connectivity index (χ0v) is 17.5. The number of hydrogen-bond acceptors (Lipinski definition) is 3. The van der Waals surface area contributed by atoms with E-state index in [0.717, 1.165) is 6.07 Å². The van der Waals surface area contributed by atoms with Crippen LogP contribution in [-0.4, -0.2) is 48.9 Å². The van der Waals surface area contributed by atoms with Gasteiger partial charge in [-0.1, -0.05) is 12.1 Å². The lowest BCUT2D eigenvalue weighted by molar-refractivity contribution is -0.138. The predicted molar refractivity (Wildman–Crippen MR) is 116 cm³/mol. The van der Waals surface area contributed by atoms with Crippen LogP contribution in [0.25, 0.3) is 0 Å². The molecule has 0 spiro atoms. The number of carbonyl (C=O) groups excluding carboxylic acids is 1. The molecule has 4 nitrogen and oxygen atoms in total. The zero-order chi connectivity index (χ0) is 26.2. The van der Waals surface area contributed by atoms with Crippen molar-refractivity contribution in [1.82, 2.24) is 9.80 Å². The van der Waals surface area contributed by atoms with Gasteiger partial charge in [-0.3, -0.25) is 9.69 Å². The van der Waals surface area contributed by atoms with Gasteiger partial charge in [-0.05, 0) is 71.8 Å². The van der Waals surface area contributed by atoms with Crippen LogP contribution in [0.3, 0.4) is 0 Å². The van der Waals surface area contributed by atoms with E-state index in [9.17, 15) is 18.0 Å². The summed E-state index contributed by atoms with van der Waals surface area (Å²) in [4.78, 5) is 15.7. The Labute approximate surface area is 190 Å². The summed E-state index contributed by atoms with van der Waals surface area (Å²) in [6.07, 6.45) is -4.66. The molecule has 0 atom stereocenters. The third-order valence-corrected chi connectivity index (χ3v) is 5.56. The van der Waals surface area contributed by atoms with Crippen molar-refractivity contribution in [2.75, 3.05) is 38.5 Å². The summed E-state index contributed by atoms with van der Waals surface area (Å²) in [5.74, 6) is -0.665. The van der Waals surface area contributed by atoms with Crippen molar-refractivity contribution in [2.24, 2.45) is 0 Å². The van der Waals surface area contributed by atoms with Gasteiger partial charge in [0.15, 0.2) is 0 Å². The lowest BCUT2D eigenvalue weighted by Gasteiger charge is -2.33. The van der Waals surface area contributed by atoms with Crippen LogP contribution in [0.2, 0.25) is 0 Å². The molecular weight excluding hydrogens is 494 g/mol. The molecule has 29 heavy (non-hydrogen) atoms. The quantitative estimate of drug-likeness (QED) is 0.595. The van der Waals surface area contributed by atoms with Crippen molar-refractivity contribution >= 4 is 34.2 Å². The highest BCUT2D eigenvalue weighted by Crippen LogP contribution is 2.34. The first-order chi connectivity index (χ1) is 16.1. The Morgan fingerprint density at radius 3 is 2.55 bits per heavy atom. The first-order valence-electron chi connectivity index (χ1n) is 11.8. The number of rotatable bonds is 4. The number of benzene rings is 2. The molecule has 1 aliphatic rings. The van der Waals surface area contributed by atoms with Gasteiger partial charge in [-0.2, -0.15) is 13.2 Å². The molecule has 8 heteroatoms. The topological polar surface area (TPSA) is 35.6 Å². The number of aryl methyl sites for hydroxylation is 1. The number of halogens is 4. The molecular formula is C21H23F3IN3O. The van der Waals surface area contributed by atoms with Gasteiger partial charge in [0.05, 0.1) is 5.56 Å². The smallest absolute Gasteiger partial charge is 0.322 e. The predicted octanol–water partition coefficient (Wildman–Crippen LogP) is 4.62. The summed E-state index contributed by atoms with van der Waals surface area (Å²) >= 11 is 1.80. The van der Waals surface area contributed by atoms with Crippen molar-refractivity contribution < 1.29 is 26.2 Å². The fourth-order valence-electron chi connectivity index (χ4n) is 3.06. The van der Waals surface area contributed by atoms with Crippen LogP contribution in [0.5, 0.6) is 0 Å². The van der Waals surface area contributed by atoms with E-state index in [1.54, 1.807) is 27.5 Å². The van der Waals surface area contributed by atoms with E-state index in [0.29, 0.717) is 16.7 Å². The number of carbonyl (C=O) groups is 1. The third kappa shape index (κ3) is 5.70. The van der Waals surface area contributed by atoms with Crippen LogP contribution in [-0.2, 0) is 12.7 Å². The molecule has 1 aliphatic heterocycles. The maximum atomic E-state index is 13.8. The molecule has 0 saturated carbocycles. The number of piperazine rings is 1. The molecule has 1 heterocycles. The standard InChI is InChI=1S/C21H23F3IN3O/c1-14-3-4-15(11-19(14)25)20(29)26-17-6-5-16(18(12-17)21(22,23)24)13-28-9-7-27(2)8-10-28/h3-6,11-12H,7-10,13H2,1-2H3,(H,26,29)/i1D3,2D3. The van der Waals surface area contributed by atoms with Crippen molar-refractivity contribution in [2.45, 2.75) is 19.6 Å². The number of amides is 1. The highest BCUT2D eigenvalue weighted by Gasteiger charge is 2.34. The number of alkyl halides is 3. The molecule has 1 saturated heterocycles. The second kappa shape index (κ2) is 9.01. The van der Waals surface area contributed by atoms with Crippen molar-refractivity contribution in [3.05, 3.63) is 62.2 Å². The van der Waals surface area contributed by atoms with Gasteiger partial charge in [0.25, 0.3) is 5.91 Å². The third-order valence-electron chi connectivity index (χ3n) is 4.67. The Hall–Kier alpha value is -1.65. The fraction of sp³-hybridized carbons (Fsp3) is 0.381. The molecule has 1 N–H and O–H groups in total. The lowest BCUT2D eigenvalue weighted by atomic mass is 10.0. The van der Waals surface area contributed by atoms with Crippen LogP contribution in [0.4, 0.5) is 18.9 Å². The second-order valence-corrected chi connectivity index (χ2v) is 7.94. The Morgan fingerprint density at radius 1 is 1.17 bits per heavy atom. The van der Waals surface area contributed by atoms with Gasteiger partial charge in [-0.25, -0.2) is 0 Å². The largest absolute Gasteiger partial charge is 0.416 e. The molecule has 0 radical (unpaired) electrons. The minimum atomic E-state index is -4.66. The molecule has 2 aromatic rings. The number of hydrogen-bond donors (Lipinski definition) is 1. The minimum absolute atomic E-state index is 0.00725. The average Bonchev–Trinajstić information content (AvgIpc) is 2.72. The SMILES string of the molecule is [2H]C([2H])([2H])c1ccc(C(=O)Nc2ccc(CN3CCN(C([2H])([2H])[2H])CC3)c(C(F)(F)F)c2)cc1I. The Kier molecular flexibility index (Phi) is 4.72. The first-order valence-corrected chi connectivity index (χ1v) is 9.92. The summed E-state index contributed by atoms with van der Waals surface area (Å²) in [5.41, 5.74) is -0.714. The summed E-state index contributed by atoms with van der Waals surface area (Å²) < 4.78 is 86.6. The van der Waals surface area contributed by atoms with E-state index < -0.39 is 31.5 Å². The lowest BCUT2D eigenvalue weighted by Crippen LogP contribution is -2.44. The molecule has 0 aromatic heterocycles. The Balaban J connectivity index is 1.76. The maximum Gasteiger partial charge on any atom is 0.416 e. The van der Waals surface area contributed by atoms with Gasteiger partial charge in [0, 0.05) is 55.8 Å². The molecule has 1 amide bonds. The van der Waals surface area contributed by atoms with Gasteiger partial charge in [0.2, 0.25) is 0 Å². The van der Waals surface area contributed by atoms with Crippen LogP contribution >= 0.6 is 22.6 Å². The molecule has 0 unspecified atom stereocenters. The average molecular weight is 523 g/mol. The van der Waals surface area contributed by atoms with Crippen molar-refractivity contribution in [1.29, 1.82) is 0 Å².